The summed E-state index contributed by atoms with van der Waals surface area (Å²) in [6.07, 6.45) is 0. The van der Waals surface area contributed by atoms with Crippen molar-refractivity contribution in [1.29, 1.82) is 0 Å². The van der Waals surface area contributed by atoms with Crippen LogP contribution in [0, 0.1) is 0 Å². The largest absolute Gasteiger partial charge is 0.497 e. The number of nitrogen functional groups attached to an aromatic ring is 1. The Morgan fingerprint density at radius 3 is 2.55 bits per heavy atom. The molecular formula is C23H16ClN4O4S+. The third-order valence-electron chi connectivity index (χ3n) is 5.13. The summed E-state index contributed by atoms with van der Waals surface area (Å²) in [7, 11) is 1.55. The van der Waals surface area contributed by atoms with Crippen LogP contribution in [0.4, 0.5) is 5.69 Å². The number of nitrogens with zero attached hydrogens (tertiary/aromatic N) is 2. The number of hydrogen-bond donors (Lipinski definition) is 2. The summed E-state index contributed by atoms with van der Waals surface area (Å²) < 4.78 is 11.3. The van der Waals surface area contributed by atoms with Crippen molar-refractivity contribution in [3.63, 3.8) is 0 Å². The molecule has 0 aliphatic carbocycles. The number of methoxy groups -OCH3 is 1. The van der Waals surface area contributed by atoms with Crippen molar-refractivity contribution >= 4 is 44.6 Å². The molecule has 33 heavy (non-hydrogen) atoms. The number of benzene rings is 2. The SMILES string of the molecule is COc1ccc(-[n+]2[nH]oc(=O)c2C(=O)c2sc3nc(-c4ccc(Cl)cc4)ccc3c2N)cc1. The first-order valence-electron chi connectivity index (χ1n) is 9.74. The summed E-state index contributed by atoms with van der Waals surface area (Å²) in [4.78, 5) is 31.3. The topological polar surface area (TPSA) is 115 Å². The van der Waals surface area contributed by atoms with Gasteiger partial charge in [-0.25, -0.2) is 9.78 Å². The summed E-state index contributed by atoms with van der Waals surface area (Å²) in [5.41, 5.74) is 7.67. The second kappa shape index (κ2) is 8.19. The van der Waals surface area contributed by atoms with E-state index in [1.807, 2.05) is 24.3 Å². The molecule has 5 rings (SSSR count). The summed E-state index contributed by atoms with van der Waals surface area (Å²) >= 11 is 7.09. The number of thiophene rings is 1. The monoisotopic (exact) mass is 479 g/mol. The van der Waals surface area contributed by atoms with Gasteiger partial charge in [0, 0.05) is 28.1 Å². The van der Waals surface area contributed by atoms with Crippen LogP contribution in [-0.4, -0.2) is 23.1 Å². The van der Waals surface area contributed by atoms with Crippen LogP contribution in [-0.2, 0) is 0 Å². The summed E-state index contributed by atoms with van der Waals surface area (Å²) in [6.45, 7) is 0. The molecular weight excluding hydrogens is 464 g/mol. The molecule has 0 aliphatic rings. The average Bonchev–Trinajstić information content (AvgIpc) is 3.38. The van der Waals surface area contributed by atoms with Crippen molar-refractivity contribution in [2.75, 3.05) is 12.8 Å². The Morgan fingerprint density at radius 1 is 1.12 bits per heavy atom. The Labute approximate surface area is 195 Å². The van der Waals surface area contributed by atoms with Gasteiger partial charge in [0.25, 0.3) is 5.78 Å². The molecule has 3 heterocycles. The highest BCUT2D eigenvalue weighted by Crippen LogP contribution is 2.35. The van der Waals surface area contributed by atoms with Gasteiger partial charge >= 0.3 is 11.3 Å². The van der Waals surface area contributed by atoms with E-state index < -0.39 is 11.4 Å². The van der Waals surface area contributed by atoms with Crippen LogP contribution in [0.1, 0.15) is 15.4 Å². The molecule has 2 aromatic carbocycles. The van der Waals surface area contributed by atoms with Crippen LogP contribution >= 0.6 is 22.9 Å². The van der Waals surface area contributed by atoms with Gasteiger partial charge in [0.2, 0.25) is 5.69 Å². The fraction of sp³-hybridized carbons (Fsp3) is 0.0435. The number of hydrogen-bond acceptors (Lipinski definition) is 7. The van der Waals surface area contributed by atoms with E-state index in [0.29, 0.717) is 32.4 Å². The van der Waals surface area contributed by atoms with Crippen LogP contribution in [0.5, 0.6) is 5.75 Å². The van der Waals surface area contributed by atoms with E-state index in [9.17, 15) is 9.59 Å². The van der Waals surface area contributed by atoms with Gasteiger partial charge in [0.1, 0.15) is 15.5 Å². The van der Waals surface area contributed by atoms with E-state index in [1.54, 1.807) is 43.5 Å². The number of H-pyrrole nitrogens is 1. The third-order valence-corrected chi connectivity index (χ3v) is 6.50. The Morgan fingerprint density at radius 2 is 1.85 bits per heavy atom. The number of ether oxygens (including phenoxy) is 1. The lowest BCUT2D eigenvalue weighted by Gasteiger charge is -2.01. The van der Waals surface area contributed by atoms with Crippen LogP contribution in [0.25, 0.3) is 27.2 Å². The van der Waals surface area contributed by atoms with Crippen molar-refractivity contribution in [3.8, 4) is 22.7 Å². The summed E-state index contributed by atoms with van der Waals surface area (Å²) in [6, 6.07) is 17.7. The minimum atomic E-state index is -0.803. The van der Waals surface area contributed by atoms with Crippen LogP contribution in [0.2, 0.25) is 5.02 Å². The number of ketones is 1. The molecule has 3 aromatic heterocycles. The van der Waals surface area contributed by atoms with Crippen molar-refractivity contribution in [2.24, 2.45) is 0 Å². The number of nitrogens with two attached hydrogens (primary N) is 1. The number of aromatic amines is 1. The molecule has 0 amide bonds. The maximum absolute atomic E-state index is 13.4. The third kappa shape index (κ3) is 3.67. The minimum absolute atomic E-state index is 0.198. The number of nitrogens with one attached hydrogen (secondary N) is 1. The maximum Gasteiger partial charge on any atom is 0.439 e. The number of pyridine rings is 1. The van der Waals surface area contributed by atoms with Gasteiger partial charge in [-0.15, -0.1) is 11.3 Å². The zero-order valence-corrected chi connectivity index (χ0v) is 18.7. The predicted molar refractivity (Wildman–Crippen MR) is 125 cm³/mol. The van der Waals surface area contributed by atoms with Gasteiger partial charge in [-0.1, -0.05) is 23.7 Å². The first-order valence-corrected chi connectivity index (χ1v) is 10.9. The predicted octanol–water partition coefficient (Wildman–Crippen LogP) is 4.00. The molecule has 0 fully saturated rings. The van der Waals surface area contributed by atoms with E-state index in [0.717, 1.165) is 16.9 Å². The Bertz CT molecular complexity index is 1550. The second-order valence-electron chi connectivity index (χ2n) is 7.09. The van der Waals surface area contributed by atoms with Crippen LogP contribution in [0.3, 0.4) is 0 Å². The average molecular weight is 480 g/mol. The number of anilines is 1. The Kier molecular flexibility index (Phi) is 5.20. The van der Waals surface area contributed by atoms with E-state index in [4.69, 9.17) is 26.6 Å². The number of carbonyl (C=O) groups excluding carboxylic acids is 1. The molecule has 0 radical (unpaired) electrons. The van der Waals surface area contributed by atoms with Gasteiger partial charge in [0.15, 0.2) is 0 Å². The zero-order valence-electron chi connectivity index (χ0n) is 17.2. The fourth-order valence-corrected chi connectivity index (χ4v) is 4.60. The van der Waals surface area contributed by atoms with E-state index in [-0.39, 0.29) is 16.3 Å². The lowest BCUT2D eigenvalue weighted by molar-refractivity contribution is -0.672. The molecule has 0 atom stereocenters. The highest BCUT2D eigenvalue weighted by atomic mass is 35.5. The standard InChI is InChI=1S/C23H15ClN4O4S/c1-31-15-8-6-14(7-9-15)28-19(23(30)32-27-28)20(29)21-18(25)16-10-11-17(26-22(16)33-21)12-2-4-13(24)5-3-12/h2-11H,1H3,(H2-,25,27,29,30)/p+1. The molecule has 10 heteroatoms. The first kappa shape index (κ1) is 20.9. The lowest BCUT2D eigenvalue weighted by Crippen LogP contribution is -2.41. The highest BCUT2D eigenvalue weighted by molar-refractivity contribution is 7.21. The van der Waals surface area contributed by atoms with Gasteiger partial charge < -0.3 is 10.5 Å². The number of aromatic nitrogens is 3. The van der Waals surface area contributed by atoms with E-state index in [2.05, 4.69) is 10.3 Å². The van der Waals surface area contributed by atoms with Crippen LogP contribution < -0.4 is 20.8 Å². The maximum atomic E-state index is 13.4. The minimum Gasteiger partial charge on any atom is -0.497 e. The quantitative estimate of drug-likeness (QED) is 0.291. The Hall–Kier alpha value is -3.95. The zero-order chi connectivity index (χ0) is 23.1. The van der Waals surface area contributed by atoms with Crippen molar-refractivity contribution < 1.29 is 18.7 Å². The van der Waals surface area contributed by atoms with Gasteiger partial charge in [-0.3, -0.25) is 9.32 Å². The smallest absolute Gasteiger partial charge is 0.439 e. The normalized spacial score (nSPS) is 11.1. The highest BCUT2D eigenvalue weighted by Gasteiger charge is 2.34. The molecule has 8 nitrogen and oxygen atoms in total. The fourth-order valence-electron chi connectivity index (χ4n) is 3.43. The molecule has 3 N–H and O–H groups in total. The van der Waals surface area contributed by atoms with Gasteiger partial charge in [0.05, 0.1) is 18.5 Å². The molecule has 164 valence electrons. The first-order chi connectivity index (χ1) is 16.0. The van der Waals surface area contributed by atoms with Crippen molar-refractivity contribution in [2.45, 2.75) is 0 Å². The summed E-state index contributed by atoms with van der Waals surface area (Å²) in [5, 5.41) is 3.74. The van der Waals surface area contributed by atoms with E-state index in [1.165, 1.54) is 4.68 Å². The molecule has 0 unspecified atom stereocenters. The number of fused-ring (bicyclic) bond motifs is 1. The summed E-state index contributed by atoms with van der Waals surface area (Å²) in [5.74, 6) is 0.0729. The van der Waals surface area contributed by atoms with Gasteiger partial charge in [-0.2, -0.15) is 0 Å². The molecule has 5 aromatic rings. The lowest BCUT2D eigenvalue weighted by atomic mass is 10.1. The Balaban J connectivity index is 1.58. The number of rotatable bonds is 5. The molecule has 0 bridgehead atoms. The van der Waals surface area contributed by atoms with Crippen LogP contribution in [0.15, 0.2) is 70.0 Å². The van der Waals surface area contributed by atoms with Gasteiger partial charge in [-0.05, 0) is 46.4 Å². The number of halogens is 1. The molecule has 0 saturated heterocycles. The van der Waals surface area contributed by atoms with E-state index >= 15 is 0 Å². The molecule has 0 spiro atoms. The molecule has 0 aliphatic heterocycles. The van der Waals surface area contributed by atoms with Crippen molar-refractivity contribution in [3.05, 3.63) is 86.7 Å². The number of carbonyl (C=O) groups is 1. The molecule has 0 saturated carbocycles. The second-order valence-corrected chi connectivity index (χ2v) is 8.53. The van der Waals surface area contributed by atoms with Crippen molar-refractivity contribution in [1.82, 2.24) is 10.3 Å².